The van der Waals surface area contributed by atoms with Crippen LogP contribution in [0.3, 0.4) is 0 Å². The van der Waals surface area contributed by atoms with Crippen LogP contribution in [0.2, 0.25) is 0 Å². The van der Waals surface area contributed by atoms with Crippen LogP contribution >= 0.6 is 0 Å². The summed E-state index contributed by atoms with van der Waals surface area (Å²) in [5.41, 5.74) is 1.00. The number of nitrogen functional groups attached to an aromatic ring is 1. The van der Waals surface area contributed by atoms with Crippen LogP contribution in [-0.4, -0.2) is 9.78 Å². The van der Waals surface area contributed by atoms with Crippen LogP contribution in [0.15, 0.2) is 30.5 Å². The summed E-state index contributed by atoms with van der Waals surface area (Å²) in [6.07, 6.45) is -9.06. The van der Waals surface area contributed by atoms with E-state index < -0.39 is 35.0 Å². The maximum absolute atomic E-state index is 12.8. The van der Waals surface area contributed by atoms with Gasteiger partial charge in [0.1, 0.15) is 0 Å². The molecule has 0 saturated carbocycles. The van der Waals surface area contributed by atoms with Crippen molar-refractivity contribution in [3.63, 3.8) is 0 Å². The van der Waals surface area contributed by atoms with E-state index in [1.807, 2.05) is 0 Å². The molecule has 3 nitrogen and oxygen atoms in total. The SMILES string of the molecule is Nc1cnn(-c2ccccc2C(F)(F)F)c1C(F)(F)F. The van der Waals surface area contributed by atoms with Gasteiger partial charge < -0.3 is 5.73 Å². The molecule has 0 fully saturated rings. The normalized spacial score (nSPS) is 12.7. The van der Waals surface area contributed by atoms with E-state index in [0.717, 1.165) is 12.1 Å². The summed E-state index contributed by atoms with van der Waals surface area (Å²) in [5, 5.41) is 3.30. The summed E-state index contributed by atoms with van der Waals surface area (Å²) in [5.74, 6) is 0. The molecule has 2 N–H and O–H groups in total. The summed E-state index contributed by atoms with van der Waals surface area (Å²) in [6.45, 7) is 0. The van der Waals surface area contributed by atoms with Crippen molar-refractivity contribution in [3.8, 4) is 5.69 Å². The fourth-order valence-corrected chi connectivity index (χ4v) is 1.73. The van der Waals surface area contributed by atoms with Crippen LogP contribution in [0.5, 0.6) is 0 Å². The summed E-state index contributed by atoms with van der Waals surface area (Å²) in [7, 11) is 0. The van der Waals surface area contributed by atoms with Crippen LogP contribution in [-0.2, 0) is 12.4 Å². The summed E-state index contributed by atoms with van der Waals surface area (Å²) >= 11 is 0. The van der Waals surface area contributed by atoms with Crippen LogP contribution in [0.4, 0.5) is 32.0 Å². The van der Waals surface area contributed by atoms with E-state index in [9.17, 15) is 26.3 Å². The fraction of sp³-hybridized carbons (Fsp3) is 0.182. The first kappa shape index (κ1) is 14.2. The molecule has 108 valence electrons. The Bertz CT molecular complexity index is 626. The number of alkyl halides is 6. The van der Waals surface area contributed by atoms with Gasteiger partial charge in [0.25, 0.3) is 0 Å². The van der Waals surface area contributed by atoms with Gasteiger partial charge in [-0.3, -0.25) is 0 Å². The summed E-state index contributed by atoms with van der Waals surface area (Å²) in [4.78, 5) is 0. The van der Waals surface area contributed by atoms with Gasteiger partial charge in [-0.25, -0.2) is 4.68 Å². The molecule has 1 aromatic carbocycles. The van der Waals surface area contributed by atoms with Gasteiger partial charge in [-0.15, -0.1) is 0 Å². The highest BCUT2D eigenvalue weighted by molar-refractivity contribution is 5.50. The quantitative estimate of drug-likeness (QED) is 0.818. The molecule has 0 aliphatic carbocycles. The number of benzene rings is 1. The monoisotopic (exact) mass is 295 g/mol. The van der Waals surface area contributed by atoms with Gasteiger partial charge in [0.15, 0.2) is 5.69 Å². The van der Waals surface area contributed by atoms with Gasteiger partial charge in [-0.2, -0.15) is 31.4 Å². The molecule has 9 heteroatoms. The predicted octanol–water partition coefficient (Wildman–Crippen LogP) is 3.49. The molecular formula is C11H7F6N3. The molecule has 0 amide bonds. The molecule has 0 atom stereocenters. The minimum atomic E-state index is -4.92. The van der Waals surface area contributed by atoms with E-state index in [0.29, 0.717) is 12.3 Å². The van der Waals surface area contributed by atoms with Gasteiger partial charge in [0.05, 0.1) is 23.1 Å². The van der Waals surface area contributed by atoms with Gasteiger partial charge in [-0.1, -0.05) is 12.1 Å². The standard InChI is InChI=1S/C11H7F6N3/c12-10(13,14)6-3-1-2-4-8(6)20-9(11(15,16)17)7(18)5-19-20/h1-5H,18H2. The maximum atomic E-state index is 12.8. The number of nitrogens with two attached hydrogens (primary N) is 1. The van der Waals surface area contributed by atoms with Crippen molar-refractivity contribution < 1.29 is 26.3 Å². The summed E-state index contributed by atoms with van der Waals surface area (Å²) < 4.78 is 77.1. The Kier molecular flexibility index (Phi) is 3.15. The lowest BCUT2D eigenvalue weighted by Crippen LogP contribution is -2.18. The highest BCUT2D eigenvalue weighted by Gasteiger charge is 2.40. The molecule has 0 aliphatic heterocycles. The highest BCUT2D eigenvalue weighted by Crippen LogP contribution is 2.38. The number of hydrogen-bond donors (Lipinski definition) is 1. The Labute approximate surface area is 108 Å². The summed E-state index contributed by atoms with van der Waals surface area (Å²) in [6, 6.07) is 3.83. The Morgan fingerprint density at radius 1 is 0.950 bits per heavy atom. The molecule has 0 bridgehead atoms. The van der Waals surface area contributed by atoms with Crippen molar-refractivity contribution in [3.05, 3.63) is 41.7 Å². The lowest BCUT2D eigenvalue weighted by Gasteiger charge is -2.16. The van der Waals surface area contributed by atoms with Crippen LogP contribution in [0.25, 0.3) is 5.69 Å². The first-order valence-electron chi connectivity index (χ1n) is 5.19. The maximum Gasteiger partial charge on any atom is 0.435 e. The molecule has 2 aromatic rings. The fourth-order valence-electron chi connectivity index (χ4n) is 1.73. The van der Waals surface area contributed by atoms with E-state index in [-0.39, 0.29) is 4.68 Å². The second kappa shape index (κ2) is 4.43. The molecule has 1 aromatic heterocycles. The lowest BCUT2D eigenvalue weighted by molar-refractivity contribution is -0.144. The van der Waals surface area contributed by atoms with Crippen molar-refractivity contribution in [2.75, 3.05) is 5.73 Å². The minimum Gasteiger partial charge on any atom is -0.396 e. The predicted molar refractivity (Wildman–Crippen MR) is 58.0 cm³/mol. The third-order valence-corrected chi connectivity index (χ3v) is 2.50. The zero-order valence-electron chi connectivity index (χ0n) is 9.63. The van der Waals surface area contributed by atoms with Crippen molar-refractivity contribution >= 4 is 5.69 Å². The Balaban J connectivity index is 2.72. The highest BCUT2D eigenvalue weighted by atomic mass is 19.4. The van der Waals surface area contributed by atoms with Gasteiger partial charge >= 0.3 is 12.4 Å². The molecule has 2 rings (SSSR count). The van der Waals surface area contributed by atoms with E-state index in [1.165, 1.54) is 6.07 Å². The van der Waals surface area contributed by atoms with Crippen molar-refractivity contribution in [2.45, 2.75) is 12.4 Å². The van der Waals surface area contributed by atoms with Crippen LogP contribution < -0.4 is 5.73 Å². The van der Waals surface area contributed by atoms with Crippen LogP contribution in [0, 0.1) is 0 Å². The molecule has 20 heavy (non-hydrogen) atoms. The van der Waals surface area contributed by atoms with Gasteiger partial charge in [-0.05, 0) is 12.1 Å². The second-order valence-corrected chi connectivity index (χ2v) is 3.87. The third-order valence-electron chi connectivity index (χ3n) is 2.50. The van der Waals surface area contributed by atoms with E-state index in [4.69, 9.17) is 5.73 Å². The van der Waals surface area contributed by atoms with Crippen molar-refractivity contribution in [2.24, 2.45) is 0 Å². The van der Waals surface area contributed by atoms with E-state index in [1.54, 1.807) is 0 Å². The number of para-hydroxylation sites is 1. The Morgan fingerprint density at radius 3 is 2.10 bits per heavy atom. The van der Waals surface area contributed by atoms with Crippen LogP contribution in [0.1, 0.15) is 11.3 Å². The Hall–Kier alpha value is -2.19. The molecule has 1 heterocycles. The molecular weight excluding hydrogens is 288 g/mol. The smallest absolute Gasteiger partial charge is 0.396 e. The molecule has 0 unspecified atom stereocenters. The largest absolute Gasteiger partial charge is 0.435 e. The molecule has 0 aliphatic rings. The number of aromatic nitrogens is 2. The average Bonchev–Trinajstić information content (AvgIpc) is 2.69. The first-order valence-corrected chi connectivity index (χ1v) is 5.19. The van der Waals surface area contributed by atoms with Crippen molar-refractivity contribution in [1.82, 2.24) is 9.78 Å². The third kappa shape index (κ3) is 2.43. The number of hydrogen-bond acceptors (Lipinski definition) is 2. The zero-order valence-corrected chi connectivity index (χ0v) is 9.63. The number of halogens is 6. The van der Waals surface area contributed by atoms with Crippen molar-refractivity contribution in [1.29, 1.82) is 0 Å². The van der Waals surface area contributed by atoms with E-state index >= 15 is 0 Å². The number of rotatable bonds is 1. The topological polar surface area (TPSA) is 43.8 Å². The lowest BCUT2D eigenvalue weighted by atomic mass is 10.1. The van der Waals surface area contributed by atoms with E-state index in [2.05, 4.69) is 5.10 Å². The minimum absolute atomic E-state index is 0.151. The second-order valence-electron chi connectivity index (χ2n) is 3.87. The number of anilines is 1. The van der Waals surface area contributed by atoms with Gasteiger partial charge in [0, 0.05) is 0 Å². The average molecular weight is 295 g/mol. The zero-order chi connectivity index (χ0) is 15.1. The van der Waals surface area contributed by atoms with Gasteiger partial charge in [0.2, 0.25) is 0 Å². The molecule has 0 radical (unpaired) electrons. The number of nitrogens with zero attached hydrogens (tertiary/aromatic N) is 2. The molecule has 0 spiro atoms. The first-order chi connectivity index (χ1) is 9.12. The Morgan fingerprint density at radius 2 is 1.55 bits per heavy atom. The molecule has 0 saturated heterocycles.